The number of aliphatic hydroxyl groups excluding tert-OH is 1. The van der Waals surface area contributed by atoms with Crippen LogP contribution < -0.4 is 15.1 Å². The molecule has 41 heavy (non-hydrogen) atoms. The third-order valence-electron chi connectivity index (χ3n) is 9.07. The van der Waals surface area contributed by atoms with Gasteiger partial charge in [0.05, 0.1) is 17.3 Å². The van der Waals surface area contributed by atoms with Gasteiger partial charge in [0.2, 0.25) is 5.91 Å². The number of anilines is 2. The van der Waals surface area contributed by atoms with Crippen LogP contribution in [0.15, 0.2) is 36.4 Å². The number of piperidine rings is 2. The average Bonchev–Trinajstić information content (AvgIpc) is 3.28. The topological polar surface area (TPSA) is 117 Å². The van der Waals surface area contributed by atoms with Crippen molar-refractivity contribution >= 4 is 29.2 Å². The minimum Gasteiger partial charge on any atom is -0.478 e. The van der Waals surface area contributed by atoms with E-state index in [1.54, 1.807) is 23.1 Å². The summed E-state index contributed by atoms with van der Waals surface area (Å²) in [5, 5.41) is 21.9. The molecule has 4 aliphatic rings. The van der Waals surface area contributed by atoms with E-state index in [1.807, 2.05) is 17.0 Å². The van der Waals surface area contributed by atoms with E-state index >= 15 is 4.39 Å². The van der Waals surface area contributed by atoms with E-state index in [4.69, 9.17) is 5.11 Å². The lowest BCUT2D eigenvalue weighted by atomic mass is 9.95. The van der Waals surface area contributed by atoms with Gasteiger partial charge in [-0.3, -0.25) is 14.5 Å². The highest BCUT2D eigenvalue weighted by molar-refractivity contribution is 5.99. The molecule has 218 valence electrons. The van der Waals surface area contributed by atoms with Gasteiger partial charge in [-0.25, -0.2) is 9.18 Å². The first kappa shape index (κ1) is 27.5. The fourth-order valence-electron chi connectivity index (χ4n) is 6.67. The second-order valence-corrected chi connectivity index (χ2v) is 11.6. The summed E-state index contributed by atoms with van der Waals surface area (Å²) in [5.41, 5.74) is 2.89. The van der Waals surface area contributed by atoms with Gasteiger partial charge in [-0.15, -0.1) is 0 Å². The van der Waals surface area contributed by atoms with Crippen LogP contribution in [0, 0.1) is 11.7 Å². The van der Waals surface area contributed by atoms with E-state index < -0.39 is 18.2 Å². The van der Waals surface area contributed by atoms with Crippen molar-refractivity contribution in [2.75, 3.05) is 55.6 Å². The van der Waals surface area contributed by atoms with Crippen LogP contribution in [0.5, 0.6) is 0 Å². The molecule has 2 amide bonds. The zero-order valence-electron chi connectivity index (χ0n) is 23.0. The van der Waals surface area contributed by atoms with Crippen LogP contribution in [-0.2, 0) is 11.3 Å². The smallest absolute Gasteiger partial charge is 0.335 e. The maximum absolute atomic E-state index is 15.2. The Labute approximate surface area is 238 Å². The molecule has 3 fully saturated rings. The zero-order valence-corrected chi connectivity index (χ0v) is 23.0. The summed E-state index contributed by atoms with van der Waals surface area (Å²) in [7, 11) is 0. The summed E-state index contributed by atoms with van der Waals surface area (Å²) in [6.45, 7) is 6.34. The van der Waals surface area contributed by atoms with Crippen LogP contribution in [0.1, 0.15) is 52.0 Å². The number of nitrogens with one attached hydrogen (secondary N) is 1. The molecular formula is C30H36FN5O5. The van der Waals surface area contributed by atoms with Gasteiger partial charge in [0.1, 0.15) is 12.0 Å². The molecule has 3 N–H and O–H groups in total. The Kier molecular flexibility index (Phi) is 7.56. The van der Waals surface area contributed by atoms with Crippen molar-refractivity contribution in [3.63, 3.8) is 0 Å². The lowest BCUT2D eigenvalue weighted by Gasteiger charge is -2.40. The van der Waals surface area contributed by atoms with Gasteiger partial charge in [-0.2, -0.15) is 0 Å². The lowest BCUT2D eigenvalue weighted by Crippen LogP contribution is -2.55. The minimum atomic E-state index is -1.12. The number of carbonyl (C=O) groups excluding carboxylic acids is 2. The number of aromatic carboxylic acids is 1. The lowest BCUT2D eigenvalue weighted by molar-refractivity contribution is -0.129. The number of aliphatic hydroxyl groups is 1. The van der Waals surface area contributed by atoms with Crippen LogP contribution in [0.4, 0.5) is 15.8 Å². The first-order valence-electron chi connectivity index (χ1n) is 14.4. The Balaban J connectivity index is 1.01. The summed E-state index contributed by atoms with van der Waals surface area (Å²) in [6, 6.07) is 9.65. The number of benzene rings is 2. The van der Waals surface area contributed by atoms with E-state index in [0.717, 1.165) is 64.3 Å². The molecule has 0 spiro atoms. The molecule has 0 saturated carbocycles. The number of carboxylic acids is 1. The molecule has 0 bridgehead atoms. The number of piperazine rings is 1. The van der Waals surface area contributed by atoms with Gasteiger partial charge in [0.15, 0.2) is 0 Å². The molecule has 3 saturated heterocycles. The molecule has 0 radical (unpaired) electrons. The van der Waals surface area contributed by atoms with E-state index in [0.29, 0.717) is 34.7 Å². The standard InChI is InChI=1S/C30H36FN5O5/c31-24-15-21-18-36(25-5-6-27(37)32-28(25)38)29(39)23(21)16-26(24)35-9-7-19(8-10-35)17-33-11-13-34(14-12-33)22-3-1-20(2-4-22)30(40)41/h1-4,15-16,19,25,28,38H,5-14,17-18H2,(H,32,37)(H,40,41). The molecule has 2 aromatic rings. The molecule has 2 aromatic carbocycles. The van der Waals surface area contributed by atoms with Crippen LogP contribution in [0.3, 0.4) is 0 Å². The highest BCUT2D eigenvalue weighted by atomic mass is 19.1. The van der Waals surface area contributed by atoms with Gasteiger partial charge in [0.25, 0.3) is 5.91 Å². The summed E-state index contributed by atoms with van der Waals surface area (Å²) in [4.78, 5) is 44.3. The normalized spacial score (nSPS) is 24.0. The van der Waals surface area contributed by atoms with Crippen molar-refractivity contribution in [3.05, 3.63) is 58.9 Å². The number of nitrogens with zero attached hydrogens (tertiary/aromatic N) is 4. The molecule has 0 aromatic heterocycles. The van der Waals surface area contributed by atoms with Gasteiger partial charge >= 0.3 is 5.97 Å². The van der Waals surface area contributed by atoms with Crippen molar-refractivity contribution in [3.8, 4) is 0 Å². The highest BCUT2D eigenvalue weighted by Crippen LogP contribution is 2.34. The number of amides is 2. The highest BCUT2D eigenvalue weighted by Gasteiger charge is 2.40. The largest absolute Gasteiger partial charge is 0.478 e. The average molecular weight is 566 g/mol. The maximum atomic E-state index is 15.2. The van der Waals surface area contributed by atoms with Crippen LogP contribution in [-0.4, -0.2) is 95.9 Å². The third kappa shape index (κ3) is 5.60. The van der Waals surface area contributed by atoms with E-state index in [-0.39, 0.29) is 30.6 Å². The van der Waals surface area contributed by atoms with Crippen LogP contribution in [0.25, 0.3) is 0 Å². The van der Waals surface area contributed by atoms with Gasteiger partial charge < -0.3 is 30.2 Å². The van der Waals surface area contributed by atoms with Crippen molar-refractivity contribution in [2.45, 2.75) is 44.5 Å². The van der Waals surface area contributed by atoms with E-state index in [2.05, 4.69) is 15.1 Å². The number of carboxylic acid groups (broad SMARTS) is 1. The Morgan fingerprint density at radius 1 is 0.951 bits per heavy atom. The summed E-state index contributed by atoms with van der Waals surface area (Å²) < 4.78 is 15.2. The van der Waals surface area contributed by atoms with Crippen molar-refractivity contribution in [2.24, 2.45) is 5.92 Å². The van der Waals surface area contributed by atoms with Gasteiger partial charge in [0, 0.05) is 70.0 Å². The molecule has 10 nitrogen and oxygen atoms in total. The molecule has 2 atom stereocenters. The predicted molar refractivity (Wildman–Crippen MR) is 150 cm³/mol. The van der Waals surface area contributed by atoms with Crippen LogP contribution >= 0.6 is 0 Å². The van der Waals surface area contributed by atoms with Gasteiger partial charge in [-0.05, 0) is 67.1 Å². The number of halogens is 1. The molecule has 11 heteroatoms. The Morgan fingerprint density at radius 3 is 2.32 bits per heavy atom. The number of rotatable bonds is 6. The first-order valence-corrected chi connectivity index (χ1v) is 14.4. The summed E-state index contributed by atoms with van der Waals surface area (Å²) in [5.74, 6) is -1.19. The Morgan fingerprint density at radius 2 is 1.66 bits per heavy atom. The molecule has 4 heterocycles. The molecule has 2 unspecified atom stereocenters. The Bertz CT molecular complexity index is 1320. The zero-order chi connectivity index (χ0) is 28.7. The summed E-state index contributed by atoms with van der Waals surface area (Å²) in [6.07, 6.45) is 1.40. The Hall–Kier alpha value is -3.70. The van der Waals surface area contributed by atoms with E-state index in [9.17, 15) is 19.5 Å². The second kappa shape index (κ2) is 11.3. The second-order valence-electron chi connectivity index (χ2n) is 11.6. The van der Waals surface area contributed by atoms with Crippen molar-refractivity contribution < 1.29 is 29.0 Å². The number of hydrogen-bond acceptors (Lipinski definition) is 7. The fourth-order valence-corrected chi connectivity index (χ4v) is 6.67. The molecular weight excluding hydrogens is 529 g/mol. The number of fused-ring (bicyclic) bond motifs is 1. The third-order valence-corrected chi connectivity index (χ3v) is 9.07. The van der Waals surface area contributed by atoms with Crippen molar-refractivity contribution in [1.29, 1.82) is 0 Å². The van der Waals surface area contributed by atoms with E-state index in [1.165, 1.54) is 6.07 Å². The molecule has 6 rings (SSSR count). The van der Waals surface area contributed by atoms with Crippen molar-refractivity contribution in [1.82, 2.24) is 15.1 Å². The first-order chi connectivity index (χ1) is 19.8. The SMILES string of the molecule is O=C1CCC(N2Cc3cc(F)c(N4CCC(CN5CCN(c6ccc(C(=O)O)cc6)CC5)CC4)cc3C2=O)C(O)N1. The summed E-state index contributed by atoms with van der Waals surface area (Å²) >= 11 is 0. The maximum Gasteiger partial charge on any atom is 0.335 e. The number of hydrogen-bond donors (Lipinski definition) is 3. The minimum absolute atomic E-state index is 0.228. The quantitative estimate of drug-likeness (QED) is 0.488. The van der Waals surface area contributed by atoms with Gasteiger partial charge in [-0.1, -0.05) is 0 Å². The van der Waals surface area contributed by atoms with Crippen LogP contribution in [0.2, 0.25) is 0 Å². The molecule has 4 aliphatic heterocycles. The molecule has 0 aliphatic carbocycles. The number of carbonyl (C=O) groups is 3. The predicted octanol–water partition coefficient (Wildman–Crippen LogP) is 2.12. The monoisotopic (exact) mass is 565 g/mol. The fraction of sp³-hybridized carbons (Fsp3) is 0.500.